The molecule has 0 saturated heterocycles. The minimum Gasteiger partial charge on any atom is -0.491 e. The molecule has 1 unspecified atom stereocenters. The Bertz CT molecular complexity index is 729. The van der Waals surface area contributed by atoms with Gasteiger partial charge >= 0.3 is 0 Å². The second kappa shape index (κ2) is 8.45. The Labute approximate surface area is 152 Å². The smallest absolute Gasteiger partial charge is 0.257 e. The molecule has 1 aromatic carbocycles. The molecule has 1 N–H and O–H groups in total. The van der Waals surface area contributed by atoms with Crippen molar-refractivity contribution < 1.29 is 14.3 Å². The Morgan fingerprint density at radius 2 is 2.28 bits per heavy atom. The minimum atomic E-state index is -0.157. The highest BCUT2D eigenvalue weighted by molar-refractivity contribution is 7.15. The first-order valence-corrected chi connectivity index (χ1v) is 9.53. The number of nitrogens with one attached hydrogen (secondary N) is 1. The molecule has 1 aromatic heterocycles. The van der Waals surface area contributed by atoms with Crippen LogP contribution in [0.3, 0.4) is 0 Å². The summed E-state index contributed by atoms with van der Waals surface area (Å²) in [5.74, 6) is 1.25. The van der Waals surface area contributed by atoms with Crippen molar-refractivity contribution >= 4 is 22.4 Å². The van der Waals surface area contributed by atoms with Crippen LogP contribution < -0.4 is 10.1 Å². The molecule has 6 heteroatoms. The molecule has 1 atom stereocenters. The second-order valence-electron chi connectivity index (χ2n) is 6.23. The molecule has 1 heterocycles. The zero-order valence-corrected chi connectivity index (χ0v) is 15.5. The summed E-state index contributed by atoms with van der Waals surface area (Å²) in [4.78, 5) is 18.4. The number of nitrogens with zero attached hydrogens (tertiary/aromatic N) is 1. The van der Waals surface area contributed by atoms with Gasteiger partial charge in [0.25, 0.3) is 5.91 Å². The van der Waals surface area contributed by atoms with Crippen molar-refractivity contribution in [2.45, 2.75) is 32.6 Å². The molecule has 3 rings (SSSR count). The first-order chi connectivity index (χ1) is 12.2. The number of aryl methyl sites for hydroxylation is 1. The summed E-state index contributed by atoms with van der Waals surface area (Å²) in [5.41, 5.74) is 1.72. The predicted molar refractivity (Wildman–Crippen MR) is 99.7 cm³/mol. The van der Waals surface area contributed by atoms with Crippen molar-refractivity contribution in [3.63, 3.8) is 0 Å². The van der Waals surface area contributed by atoms with E-state index in [1.165, 1.54) is 17.7 Å². The van der Waals surface area contributed by atoms with Gasteiger partial charge in [-0.1, -0.05) is 19.4 Å². The van der Waals surface area contributed by atoms with Crippen LogP contribution in [0.1, 0.15) is 40.7 Å². The molecule has 2 aromatic rings. The van der Waals surface area contributed by atoms with Crippen LogP contribution in [0.25, 0.3) is 0 Å². The van der Waals surface area contributed by atoms with Gasteiger partial charge in [0.05, 0.1) is 12.3 Å². The van der Waals surface area contributed by atoms with E-state index >= 15 is 0 Å². The molecule has 134 valence electrons. The van der Waals surface area contributed by atoms with Crippen LogP contribution in [0.2, 0.25) is 0 Å². The molecule has 0 fully saturated rings. The van der Waals surface area contributed by atoms with Crippen LogP contribution in [0.4, 0.5) is 5.13 Å². The van der Waals surface area contributed by atoms with Crippen LogP contribution in [0.5, 0.6) is 5.75 Å². The fraction of sp³-hybridized carbons (Fsp3) is 0.474. The lowest BCUT2D eigenvalue weighted by atomic mass is 9.89. The number of thiazole rings is 1. The number of carbonyl (C=O) groups is 1. The Kier molecular flexibility index (Phi) is 6.04. The van der Waals surface area contributed by atoms with E-state index in [1.54, 1.807) is 30.6 Å². The van der Waals surface area contributed by atoms with Crippen LogP contribution in [-0.2, 0) is 17.6 Å². The fourth-order valence-corrected chi connectivity index (χ4v) is 4.10. The standard InChI is InChI=1S/C19H24N2O3S/c1-3-13-7-8-16-17(11-13)25-19(20-16)21-18(22)14-5-4-6-15(12-14)24-10-9-23-2/h4-6,12-13H,3,7-11H2,1-2H3,(H,20,21,22). The van der Waals surface area contributed by atoms with Crippen LogP contribution in [-0.4, -0.2) is 31.2 Å². The summed E-state index contributed by atoms with van der Waals surface area (Å²) in [6, 6.07) is 7.17. The van der Waals surface area contributed by atoms with Crippen LogP contribution >= 0.6 is 11.3 Å². The third-order valence-corrected chi connectivity index (χ3v) is 5.53. The van der Waals surface area contributed by atoms with Crippen molar-refractivity contribution in [1.82, 2.24) is 4.98 Å². The third-order valence-electron chi connectivity index (χ3n) is 4.49. The van der Waals surface area contributed by atoms with Gasteiger partial charge in [-0.3, -0.25) is 10.1 Å². The Balaban J connectivity index is 1.64. The number of methoxy groups -OCH3 is 1. The van der Waals surface area contributed by atoms with Gasteiger partial charge in [0.15, 0.2) is 5.13 Å². The molecule has 1 aliphatic rings. The monoisotopic (exact) mass is 360 g/mol. The number of fused-ring (bicyclic) bond motifs is 1. The maximum atomic E-state index is 12.5. The SMILES string of the molecule is CCC1CCc2nc(NC(=O)c3cccc(OCCOC)c3)sc2C1. The largest absolute Gasteiger partial charge is 0.491 e. The number of ether oxygens (including phenoxy) is 2. The highest BCUT2D eigenvalue weighted by atomic mass is 32.1. The molecule has 0 saturated carbocycles. The van der Waals surface area contributed by atoms with E-state index in [0.29, 0.717) is 29.7 Å². The van der Waals surface area contributed by atoms with E-state index in [2.05, 4.69) is 17.2 Å². The van der Waals surface area contributed by atoms with Gasteiger partial charge in [-0.05, 0) is 43.4 Å². The van der Waals surface area contributed by atoms with E-state index in [9.17, 15) is 4.79 Å². The van der Waals surface area contributed by atoms with Crippen molar-refractivity contribution in [3.8, 4) is 5.75 Å². The molecule has 5 nitrogen and oxygen atoms in total. The van der Waals surface area contributed by atoms with Crippen LogP contribution in [0, 0.1) is 5.92 Å². The highest BCUT2D eigenvalue weighted by Crippen LogP contribution is 2.33. The molecule has 0 aliphatic heterocycles. The number of rotatable bonds is 7. The van der Waals surface area contributed by atoms with Gasteiger partial charge in [-0.2, -0.15) is 0 Å². The first-order valence-electron chi connectivity index (χ1n) is 8.71. The number of benzene rings is 1. The lowest BCUT2D eigenvalue weighted by Crippen LogP contribution is -2.13. The molecule has 0 bridgehead atoms. The summed E-state index contributed by atoms with van der Waals surface area (Å²) in [6.07, 6.45) is 4.50. The normalized spacial score (nSPS) is 16.3. The van der Waals surface area contributed by atoms with Gasteiger partial charge in [0.2, 0.25) is 0 Å². The molecule has 0 spiro atoms. The Morgan fingerprint density at radius 1 is 1.40 bits per heavy atom. The fourth-order valence-electron chi connectivity index (χ4n) is 2.98. The number of amides is 1. The zero-order chi connectivity index (χ0) is 17.6. The van der Waals surface area contributed by atoms with Gasteiger partial charge in [0, 0.05) is 17.6 Å². The summed E-state index contributed by atoms with van der Waals surface area (Å²) >= 11 is 1.61. The molecule has 1 amide bonds. The van der Waals surface area contributed by atoms with E-state index in [0.717, 1.165) is 24.5 Å². The lowest BCUT2D eigenvalue weighted by molar-refractivity contribution is 0.102. The third kappa shape index (κ3) is 4.58. The number of hydrogen-bond donors (Lipinski definition) is 1. The second-order valence-corrected chi connectivity index (χ2v) is 7.31. The van der Waals surface area contributed by atoms with E-state index in [1.807, 2.05) is 12.1 Å². The molecular formula is C19H24N2O3S. The Morgan fingerprint density at radius 3 is 3.08 bits per heavy atom. The van der Waals surface area contributed by atoms with E-state index in [-0.39, 0.29) is 5.91 Å². The van der Waals surface area contributed by atoms with Crippen molar-refractivity contribution in [2.75, 3.05) is 25.6 Å². The van der Waals surface area contributed by atoms with E-state index < -0.39 is 0 Å². The minimum absolute atomic E-state index is 0.157. The topological polar surface area (TPSA) is 60.5 Å². The molecular weight excluding hydrogens is 336 g/mol. The Hall–Kier alpha value is -1.92. The van der Waals surface area contributed by atoms with Crippen molar-refractivity contribution in [2.24, 2.45) is 5.92 Å². The van der Waals surface area contributed by atoms with Crippen LogP contribution in [0.15, 0.2) is 24.3 Å². The average Bonchev–Trinajstić information content (AvgIpc) is 3.03. The van der Waals surface area contributed by atoms with E-state index in [4.69, 9.17) is 9.47 Å². The molecule has 0 radical (unpaired) electrons. The van der Waals surface area contributed by atoms with Gasteiger partial charge in [-0.25, -0.2) is 4.98 Å². The number of anilines is 1. The summed E-state index contributed by atoms with van der Waals surface area (Å²) in [7, 11) is 1.63. The quantitative estimate of drug-likeness (QED) is 0.760. The van der Waals surface area contributed by atoms with Gasteiger partial charge < -0.3 is 9.47 Å². The first kappa shape index (κ1) is 17.9. The zero-order valence-electron chi connectivity index (χ0n) is 14.7. The number of hydrogen-bond acceptors (Lipinski definition) is 5. The molecule has 1 aliphatic carbocycles. The van der Waals surface area contributed by atoms with Crippen molar-refractivity contribution in [3.05, 3.63) is 40.4 Å². The van der Waals surface area contributed by atoms with Gasteiger partial charge in [0.1, 0.15) is 12.4 Å². The lowest BCUT2D eigenvalue weighted by Gasteiger charge is -2.18. The number of carbonyl (C=O) groups excluding carboxylic acids is 1. The molecule has 25 heavy (non-hydrogen) atoms. The maximum Gasteiger partial charge on any atom is 0.257 e. The summed E-state index contributed by atoms with van der Waals surface area (Å²) in [5, 5.41) is 3.62. The highest BCUT2D eigenvalue weighted by Gasteiger charge is 2.22. The van der Waals surface area contributed by atoms with Gasteiger partial charge in [-0.15, -0.1) is 11.3 Å². The summed E-state index contributed by atoms with van der Waals surface area (Å²) in [6.45, 7) is 3.21. The van der Waals surface area contributed by atoms with Crippen molar-refractivity contribution in [1.29, 1.82) is 0 Å². The predicted octanol–water partition coefficient (Wildman–Crippen LogP) is 3.94. The maximum absolute atomic E-state index is 12.5. The summed E-state index contributed by atoms with van der Waals surface area (Å²) < 4.78 is 10.5. The number of aromatic nitrogens is 1. The average molecular weight is 360 g/mol.